The van der Waals surface area contributed by atoms with E-state index in [1.807, 2.05) is 24.4 Å². The summed E-state index contributed by atoms with van der Waals surface area (Å²) >= 11 is 1.11. The Balaban J connectivity index is 0.000000582. The third kappa shape index (κ3) is 7.58. The van der Waals surface area contributed by atoms with Gasteiger partial charge in [0.1, 0.15) is 0 Å². The highest BCUT2D eigenvalue weighted by Gasteiger charge is 2.57. The fourth-order valence-electron chi connectivity index (χ4n) is 1.32. The zero-order chi connectivity index (χ0) is 25.2. The molecule has 0 spiro atoms. The smallest absolute Gasteiger partial charge is 0.465 e. The van der Waals surface area contributed by atoms with Gasteiger partial charge in [0, 0.05) is 10.9 Å². The quantitative estimate of drug-likeness (QED) is 0.190. The maximum atomic E-state index is 11.4. The molecule has 1 rings (SSSR count). The third-order valence-corrected chi connectivity index (χ3v) is 6.86. The summed E-state index contributed by atoms with van der Waals surface area (Å²) in [6.45, 7) is 5.80. The van der Waals surface area contributed by atoms with Crippen molar-refractivity contribution in [3.8, 4) is 0 Å². The minimum absolute atomic E-state index is 0.0532. The van der Waals surface area contributed by atoms with E-state index < -0.39 is 42.1 Å². The van der Waals surface area contributed by atoms with E-state index in [9.17, 15) is 58.1 Å². The van der Waals surface area contributed by atoms with Crippen molar-refractivity contribution in [2.75, 3.05) is 7.11 Å². The predicted molar refractivity (Wildman–Crippen MR) is 92.0 cm³/mol. The van der Waals surface area contributed by atoms with Gasteiger partial charge in [-0.2, -0.15) is 43.2 Å². The molecule has 0 aliphatic rings. The highest BCUT2D eigenvalue weighted by Crippen LogP contribution is 2.36. The maximum Gasteiger partial charge on any atom is 0.524 e. The summed E-state index contributed by atoms with van der Waals surface area (Å²) in [7, 11) is -12.5. The van der Waals surface area contributed by atoms with Crippen molar-refractivity contribution in [2.24, 2.45) is 0 Å². The van der Waals surface area contributed by atoms with Crippen molar-refractivity contribution in [1.82, 2.24) is 0 Å². The summed E-state index contributed by atoms with van der Waals surface area (Å²) in [5, 5.41) is 10.8. The van der Waals surface area contributed by atoms with Crippen LogP contribution in [0.3, 0.4) is 0 Å². The Morgan fingerprint density at radius 2 is 1.39 bits per heavy atom. The van der Waals surface area contributed by atoms with Gasteiger partial charge in [-0.15, -0.1) is 15.0 Å². The highest BCUT2D eigenvalue weighted by molar-refractivity contribution is 8.00. The Bertz CT molecular complexity index is 991. The molecule has 0 atom stereocenters. The SMILES string of the molecule is COC(=O)c1sc(C(C)(C)C)cc1[N+](=O)[O-].O=S(=O)(OS(=O)(=O)C(F)(F)F)C(F)(F)F. The van der Waals surface area contributed by atoms with E-state index in [0.717, 1.165) is 16.2 Å². The monoisotopic (exact) mass is 525 g/mol. The Kier molecular flexibility index (Phi) is 8.65. The molecule has 0 saturated heterocycles. The number of esters is 1. The molecular weight excluding hydrogens is 512 g/mol. The van der Waals surface area contributed by atoms with E-state index in [-0.39, 0.29) is 16.0 Å². The lowest BCUT2D eigenvalue weighted by Gasteiger charge is -2.14. The first-order valence-electron chi connectivity index (χ1n) is 7.18. The molecule has 0 aliphatic heterocycles. The van der Waals surface area contributed by atoms with Crippen molar-refractivity contribution in [3.63, 3.8) is 0 Å². The molecule has 0 bridgehead atoms. The molecule has 1 heterocycles. The highest BCUT2D eigenvalue weighted by atomic mass is 32.3. The van der Waals surface area contributed by atoms with Crippen molar-refractivity contribution in [2.45, 2.75) is 37.2 Å². The van der Waals surface area contributed by atoms with Crippen LogP contribution < -0.4 is 0 Å². The maximum absolute atomic E-state index is 11.4. The molecule has 0 unspecified atom stereocenters. The normalized spacial score (nSPS) is 13.2. The van der Waals surface area contributed by atoms with Crippen LogP contribution in [0.2, 0.25) is 0 Å². The molecule has 0 N–H and O–H groups in total. The molecule has 0 aliphatic carbocycles. The number of hydrogen-bond acceptors (Lipinski definition) is 10. The summed E-state index contributed by atoms with van der Waals surface area (Å²) in [4.78, 5) is 22.4. The predicted octanol–water partition coefficient (Wildman–Crippen LogP) is 3.44. The summed E-state index contributed by atoms with van der Waals surface area (Å²) in [6, 6.07) is 1.44. The molecular formula is C12H13F6NO9S3. The van der Waals surface area contributed by atoms with Gasteiger partial charge in [0.05, 0.1) is 12.0 Å². The van der Waals surface area contributed by atoms with E-state index >= 15 is 0 Å². The minimum Gasteiger partial charge on any atom is -0.465 e. The van der Waals surface area contributed by atoms with Crippen LogP contribution in [0.1, 0.15) is 35.3 Å². The lowest BCUT2D eigenvalue weighted by molar-refractivity contribution is -0.384. The van der Waals surface area contributed by atoms with Crippen LogP contribution >= 0.6 is 11.3 Å². The summed E-state index contributed by atoms with van der Waals surface area (Å²) < 4.78 is 115. The van der Waals surface area contributed by atoms with Gasteiger partial charge in [-0.05, 0) is 5.41 Å². The zero-order valence-corrected chi connectivity index (χ0v) is 18.1. The molecule has 0 saturated carbocycles. The number of thiophene rings is 1. The first kappa shape index (κ1) is 29.0. The number of alkyl halides is 6. The average molecular weight is 525 g/mol. The Hall–Kier alpha value is -1.99. The minimum atomic E-state index is -6.85. The van der Waals surface area contributed by atoms with E-state index in [2.05, 4.69) is 4.74 Å². The summed E-state index contributed by atoms with van der Waals surface area (Å²) in [5.41, 5.74) is -12.9. The molecule has 180 valence electrons. The van der Waals surface area contributed by atoms with Crippen molar-refractivity contribution in [1.29, 1.82) is 0 Å². The molecule has 10 nitrogen and oxygen atoms in total. The number of nitro groups is 1. The second kappa shape index (κ2) is 9.25. The van der Waals surface area contributed by atoms with Gasteiger partial charge < -0.3 is 4.74 Å². The zero-order valence-electron chi connectivity index (χ0n) is 15.7. The average Bonchev–Trinajstić information content (AvgIpc) is 2.97. The molecule has 0 fully saturated rings. The number of nitrogens with zero attached hydrogens (tertiary/aromatic N) is 1. The largest absolute Gasteiger partial charge is 0.524 e. The second-order valence-electron chi connectivity index (χ2n) is 6.19. The Morgan fingerprint density at radius 1 is 1.00 bits per heavy atom. The van der Waals surface area contributed by atoms with E-state index in [1.165, 1.54) is 13.2 Å². The molecule has 1 aromatic rings. The number of halogens is 6. The van der Waals surface area contributed by atoms with Crippen molar-refractivity contribution >= 4 is 43.2 Å². The van der Waals surface area contributed by atoms with E-state index in [1.54, 1.807) is 0 Å². The van der Waals surface area contributed by atoms with Crippen LogP contribution in [0.5, 0.6) is 0 Å². The van der Waals surface area contributed by atoms with Crippen molar-refractivity contribution < 1.29 is 61.3 Å². The number of ether oxygens (including phenoxy) is 1. The lowest BCUT2D eigenvalue weighted by Crippen LogP contribution is -2.34. The summed E-state index contributed by atoms with van der Waals surface area (Å²) in [6.07, 6.45) is 0. The molecule has 31 heavy (non-hydrogen) atoms. The van der Waals surface area contributed by atoms with E-state index in [4.69, 9.17) is 0 Å². The first-order valence-corrected chi connectivity index (χ1v) is 10.8. The Labute approximate surface area is 175 Å². The number of carbonyl (C=O) groups is 1. The van der Waals surface area contributed by atoms with Gasteiger partial charge >= 0.3 is 37.2 Å². The van der Waals surface area contributed by atoms with Crippen LogP contribution in [0, 0.1) is 10.1 Å². The number of carbonyl (C=O) groups excluding carboxylic acids is 1. The molecule has 0 amide bonds. The molecule has 19 heteroatoms. The number of hydrogen-bond donors (Lipinski definition) is 0. The lowest BCUT2D eigenvalue weighted by atomic mass is 9.95. The molecule has 0 radical (unpaired) electrons. The van der Waals surface area contributed by atoms with E-state index in [0.29, 0.717) is 0 Å². The standard InChI is InChI=1S/C10H13NO4S.C2F6O5S2/c1-10(2,3)7-5-6(11(13)14)8(16-7)9(12)15-4;3-1(4,5)14(9,10)13-15(11,12)2(6,7)8/h5H,1-4H3;. The van der Waals surface area contributed by atoms with Crippen LogP contribution in [-0.2, 0) is 34.0 Å². The van der Waals surface area contributed by atoms with Gasteiger partial charge in [0.25, 0.3) is 5.69 Å². The van der Waals surface area contributed by atoms with Crippen LogP contribution in [0.25, 0.3) is 0 Å². The topological polar surface area (TPSA) is 147 Å². The van der Waals surface area contributed by atoms with Gasteiger partial charge in [0.2, 0.25) is 0 Å². The second-order valence-corrected chi connectivity index (χ2v) is 10.5. The number of methoxy groups -OCH3 is 1. The van der Waals surface area contributed by atoms with Crippen LogP contribution in [0.15, 0.2) is 6.07 Å². The molecule has 1 aromatic heterocycles. The summed E-state index contributed by atoms with van der Waals surface area (Å²) in [5.74, 6) is -0.660. The molecule has 0 aromatic carbocycles. The fourth-order valence-corrected chi connectivity index (χ4v) is 3.98. The van der Waals surface area contributed by atoms with Gasteiger partial charge in [-0.3, -0.25) is 10.1 Å². The van der Waals surface area contributed by atoms with Gasteiger partial charge in [-0.25, -0.2) is 4.79 Å². The van der Waals surface area contributed by atoms with Crippen LogP contribution in [0.4, 0.5) is 32.0 Å². The fraction of sp³-hybridized carbons (Fsp3) is 0.583. The first-order chi connectivity index (χ1) is 13.5. The van der Waals surface area contributed by atoms with Crippen LogP contribution in [-0.4, -0.2) is 45.9 Å². The number of rotatable bonds is 4. The van der Waals surface area contributed by atoms with Crippen molar-refractivity contribution in [3.05, 3.63) is 25.9 Å². The Morgan fingerprint density at radius 3 is 1.65 bits per heavy atom. The van der Waals surface area contributed by atoms with Gasteiger partial charge in [0.15, 0.2) is 4.88 Å². The third-order valence-electron chi connectivity index (χ3n) is 2.77. The van der Waals surface area contributed by atoms with Gasteiger partial charge in [-0.1, -0.05) is 20.8 Å².